The molecule has 1 atom stereocenters. The first-order valence-corrected chi connectivity index (χ1v) is 7.01. The highest BCUT2D eigenvalue weighted by Crippen LogP contribution is 2.25. The maximum Gasteiger partial charge on any atom is 0.0746 e. The summed E-state index contributed by atoms with van der Waals surface area (Å²) in [4.78, 5) is 0. The molecule has 0 aliphatic heterocycles. The molecule has 0 saturated carbocycles. The number of hydrogen-bond donors (Lipinski definition) is 1. The van der Waals surface area contributed by atoms with Crippen molar-refractivity contribution in [3.8, 4) is 0 Å². The fourth-order valence-corrected chi connectivity index (χ4v) is 2.73. The molecule has 3 aromatic rings. The minimum Gasteiger partial charge on any atom is -0.308 e. The van der Waals surface area contributed by atoms with Gasteiger partial charge in [0.25, 0.3) is 0 Å². The van der Waals surface area contributed by atoms with Crippen molar-refractivity contribution in [2.75, 3.05) is 7.05 Å². The van der Waals surface area contributed by atoms with E-state index < -0.39 is 0 Å². The van der Waals surface area contributed by atoms with Gasteiger partial charge in [-0.25, -0.2) is 0 Å². The van der Waals surface area contributed by atoms with E-state index in [-0.39, 0.29) is 6.04 Å². The van der Waals surface area contributed by atoms with Crippen molar-refractivity contribution in [1.29, 1.82) is 0 Å². The minimum atomic E-state index is 0.169. The van der Waals surface area contributed by atoms with Crippen molar-refractivity contribution in [3.05, 3.63) is 66.0 Å². The molecule has 0 fully saturated rings. The van der Waals surface area contributed by atoms with E-state index in [0.29, 0.717) is 0 Å². The number of fused-ring (bicyclic) bond motifs is 1. The van der Waals surface area contributed by atoms with Crippen molar-refractivity contribution in [3.63, 3.8) is 0 Å². The van der Waals surface area contributed by atoms with E-state index in [2.05, 4.69) is 65.9 Å². The Kier molecular flexibility index (Phi) is 3.52. The largest absolute Gasteiger partial charge is 0.308 e. The van der Waals surface area contributed by atoms with E-state index in [1.165, 1.54) is 22.0 Å². The molecule has 3 nitrogen and oxygen atoms in total. The van der Waals surface area contributed by atoms with Crippen molar-refractivity contribution in [2.24, 2.45) is 0 Å². The molecule has 0 spiro atoms. The van der Waals surface area contributed by atoms with Crippen LogP contribution in [0.3, 0.4) is 0 Å². The van der Waals surface area contributed by atoms with Gasteiger partial charge < -0.3 is 5.32 Å². The fourth-order valence-electron chi connectivity index (χ4n) is 2.73. The lowest BCUT2D eigenvalue weighted by atomic mass is 10.00. The average molecular weight is 265 g/mol. The van der Waals surface area contributed by atoms with Crippen molar-refractivity contribution in [1.82, 2.24) is 15.1 Å². The second-order valence-corrected chi connectivity index (χ2v) is 4.90. The van der Waals surface area contributed by atoms with Gasteiger partial charge in [-0.3, -0.25) is 4.68 Å². The highest BCUT2D eigenvalue weighted by Gasteiger charge is 2.16. The van der Waals surface area contributed by atoms with E-state index in [9.17, 15) is 0 Å². The molecule has 0 aliphatic carbocycles. The Hall–Kier alpha value is -2.13. The minimum absolute atomic E-state index is 0.169. The van der Waals surface area contributed by atoms with Crippen molar-refractivity contribution in [2.45, 2.75) is 19.5 Å². The summed E-state index contributed by atoms with van der Waals surface area (Å²) in [5.41, 5.74) is 2.46. The van der Waals surface area contributed by atoms with Gasteiger partial charge in [-0.2, -0.15) is 5.10 Å². The van der Waals surface area contributed by atoms with Crippen molar-refractivity contribution >= 4 is 10.8 Å². The molecule has 3 rings (SSSR count). The number of benzene rings is 2. The lowest BCUT2D eigenvalue weighted by molar-refractivity contribution is 0.563. The van der Waals surface area contributed by atoms with E-state index in [0.717, 1.165) is 6.54 Å². The molecule has 0 amide bonds. The smallest absolute Gasteiger partial charge is 0.0746 e. The predicted molar refractivity (Wildman–Crippen MR) is 82.8 cm³/mol. The number of nitrogens with zero attached hydrogens (tertiary/aromatic N) is 2. The van der Waals surface area contributed by atoms with Gasteiger partial charge in [0.15, 0.2) is 0 Å². The number of aryl methyl sites for hydroxylation is 1. The Morgan fingerprint density at radius 3 is 2.65 bits per heavy atom. The molecule has 1 heterocycles. The molecule has 2 aromatic carbocycles. The third-order valence-electron chi connectivity index (χ3n) is 3.74. The number of hydrogen-bond acceptors (Lipinski definition) is 2. The topological polar surface area (TPSA) is 29.9 Å². The second kappa shape index (κ2) is 5.47. The third-order valence-corrected chi connectivity index (χ3v) is 3.74. The zero-order valence-electron chi connectivity index (χ0n) is 11.9. The molecule has 0 saturated heterocycles. The summed E-state index contributed by atoms with van der Waals surface area (Å²) in [6.45, 7) is 3.00. The van der Waals surface area contributed by atoms with Crippen LogP contribution in [-0.4, -0.2) is 16.8 Å². The van der Waals surface area contributed by atoms with Crippen LogP contribution >= 0.6 is 0 Å². The first-order chi connectivity index (χ1) is 9.83. The van der Waals surface area contributed by atoms with Gasteiger partial charge in [-0.1, -0.05) is 36.4 Å². The SMILES string of the molecule is CCn1nccc1C(NC)c1ccc2ccccc2c1. The predicted octanol–water partition coefficient (Wildman–Crippen LogP) is 3.37. The monoisotopic (exact) mass is 265 g/mol. The zero-order chi connectivity index (χ0) is 13.9. The Morgan fingerprint density at radius 1 is 1.10 bits per heavy atom. The summed E-state index contributed by atoms with van der Waals surface area (Å²) in [7, 11) is 1.99. The molecule has 20 heavy (non-hydrogen) atoms. The number of nitrogens with one attached hydrogen (secondary N) is 1. The average Bonchev–Trinajstić information content (AvgIpc) is 2.96. The first-order valence-electron chi connectivity index (χ1n) is 7.01. The summed E-state index contributed by atoms with van der Waals surface area (Å²) in [5.74, 6) is 0. The zero-order valence-corrected chi connectivity index (χ0v) is 11.9. The molecule has 1 unspecified atom stereocenters. The number of rotatable bonds is 4. The van der Waals surface area contributed by atoms with Crippen LogP contribution in [0.5, 0.6) is 0 Å². The molecule has 0 bridgehead atoms. The van der Waals surface area contributed by atoms with Crippen LogP contribution < -0.4 is 5.32 Å². The summed E-state index contributed by atoms with van der Waals surface area (Å²) in [5, 5.41) is 10.3. The quantitative estimate of drug-likeness (QED) is 0.784. The third kappa shape index (κ3) is 2.21. The van der Waals surface area contributed by atoms with Gasteiger partial charge in [0.05, 0.1) is 11.7 Å². The molecule has 1 aromatic heterocycles. The van der Waals surface area contributed by atoms with Gasteiger partial charge in [-0.05, 0) is 42.4 Å². The fraction of sp³-hybridized carbons (Fsp3) is 0.235. The number of aromatic nitrogens is 2. The molecule has 3 heteroatoms. The highest BCUT2D eigenvalue weighted by atomic mass is 15.3. The van der Waals surface area contributed by atoms with Crippen LogP contribution in [0.15, 0.2) is 54.7 Å². The lowest BCUT2D eigenvalue weighted by Crippen LogP contribution is -2.21. The van der Waals surface area contributed by atoms with Crippen LogP contribution in [0, 0.1) is 0 Å². The summed E-state index contributed by atoms with van der Waals surface area (Å²) < 4.78 is 2.04. The van der Waals surface area contributed by atoms with Gasteiger partial charge in [0.2, 0.25) is 0 Å². The highest BCUT2D eigenvalue weighted by molar-refractivity contribution is 5.83. The molecule has 1 N–H and O–H groups in total. The molecule has 0 aliphatic rings. The summed E-state index contributed by atoms with van der Waals surface area (Å²) >= 11 is 0. The summed E-state index contributed by atoms with van der Waals surface area (Å²) in [6.07, 6.45) is 1.87. The van der Waals surface area contributed by atoms with E-state index in [1.54, 1.807) is 0 Å². The van der Waals surface area contributed by atoms with E-state index in [4.69, 9.17) is 0 Å². The standard InChI is InChI=1S/C17H19N3/c1-3-20-16(10-11-19-20)17(18-2)15-9-8-13-6-4-5-7-14(13)12-15/h4-12,17-18H,3H2,1-2H3. The Morgan fingerprint density at radius 2 is 1.90 bits per heavy atom. The van der Waals surface area contributed by atoms with Crippen LogP contribution in [0.2, 0.25) is 0 Å². The summed E-state index contributed by atoms with van der Waals surface area (Å²) in [6, 6.07) is 17.3. The van der Waals surface area contributed by atoms with Gasteiger partial charge in [0.1, 0.15) is 0 Å². The van der Waals surface area contributed by atoms with Crippen LogP contribution in [0.4, 0.5) is 0 Å². The van der Waals surface area contributed by atoms with Crippen LogP contribution in [0.25, 0.3) is 10.8 Å². The Labute approximate surface area is 119 Å². The van der Waals surface area contributed by atoms with Crippen LogP contribution in [0.1, 0.15) is 24.2 Å². The molecule has 0 radical (unpaired) electrons. The van der Waals surface area contributed by atoms with Crippen LogP contribution in [-0.2, 0) is 6.54 Å². The second-order valence-electron chi connectivity index (χ2n) is 4.90. The van der Waals surface area contributed by atoms with Gasteiger partial charge >= 0.3 is 0 Å². The normalized spacial score (nSPS) is 12.7. The Balaban J connectivity index is 2.07. The Bertz CT molecular complexity index is 715. The van der Waals surface area contributed by atoms with E-state index >= 15 is 0 Å². The maximum atomic E-state index is 4.37. The van der Waals surface area contributed by atoms with Crippen molar-refractivity contribution < 1.29 is 0 Å². The van der Waals surface area contributed by atoms with E-state index in [1.807, 2.05) is 17.9 Å². The van der Waals surface area contributed by atoms with Gasteiger partial charge in [-0.15, -0.1) is 0 Å². The first kappa shape index (κ1) is 12.9. The lowest BCUT2D eigenvalue weighted by Gasteiger charge is -2.18. The molecule has 102 valence electrons. The van der Waals surface area contributed by atoms with Gasteiger partial charge in [0, 0.05) is 12.7 Å². The molecular weight excluding hydrogens is 246 g/mol. The molecular formula is C17H19N3. The maximum absolute atomic E-state index is 4.37.